The van der Waals surface area contributed by atoms with E-state index in [1.165, 1.54) is 22.9 Å². The zero-order valence-electron chi connectivity index (χ0n) is 16.0. The van der Waals surface area contributed by atoms with E-state index in [1.807, 2.05) is 47.9 Å². The van der Waals surface area contributed by atoms with Gasteiger partial charge in [-0.2, -0.15) is 0 Å². The number of thiophene rings is 1. The van der Waals surface area contributed by atoms with Gasteiger partial charge in [-0.1, -0.05) is 72.5 Å². The fraction of sp³-hybridized carbons (Fsp3) is 0.0833. The lowest BCUT2D eigenvalue weighted by molar-refractivity contribution is -0.115. The summed E-state index contributed by atoms with van der Waals surface area (Å²) in [6.07, 6.45) is 1.95. The molecule has 3 nitrogen and oxygen atoms in total. The van der Waals surface area contributed by atoms with Crippen LogP contribution >= 0.6 is 35.3 Å². The van der Waals surface area contributed by atoms with Crippen LogP contribution in [0.3, 0.4) is 0 Å². The summed E-state index contributed by atoms with van der Waals surface area (Å²) in [5, 5.41) is 4.75. The first-order valence-corrected chi connectivity index (χ1v) is 11.6. The predicted molar refractivity (Wildman–Crippen MR) is 128 cm³/mol. The highest BCUT2D eigenvalue weighted by atomic mass is 32.2. The zero-order chi connectivity index (χ0) is 20.7. The number of hydrogen-bond acceptors (Lipinski definition) is 5. The molecule has 1 atom stereocenters. The Morgan fingerprint density at radius 2 is 1.80 bits per heavy atom. The highest BCUT2D eigenvalue weighted by Gasteiger charge is 2.33. The fourth-order valence-electron chi connectivity index (χ4n) is 3.84. The number of ether oxygens (including phenoxy) is 1. The van der Waals surface area contributed by atoms with Gasteiger partial charge >= 0.3 is 0 Å². The summed E-state index contributed by atoms with van der Waals surface area (Å²) in [5.74, 6) is 1.42. The molecule has 0 unspecified atom stereocenters. The van der Waals surface area contributed by atoms with Crippen molar-refractivity contribution in [3.05, 3.63) is 104 Å². The molecule has 0 saturated carbocycles. The number of nitrogens with one attached hydrogen (secondary N) is 1. The van der Waals surface area contributed by atoms with Crippen molar-refractivity contribution in [3.63, 3.8) is 0 Å². The minimum Gasteiger partial charge on any atom is -0.455 e. The first-order valence-electron chi connectivity index (χ1n) is 9.47. The molecule has 3 heterocycles. The van der Waals surface area contributed by atoms with E-state index in [4.69, 9.17) is 17.0 Å². The van der Waals surface area contributed by atoms with Gasteiger partial charge in [0.1, 0.15) is 15.8 Å². The van der Waals surface area contributed by atoms with Gasteiger partial charge in [0.25, 0.3) is 5.91 Å². The maximum Gasteiger partial charge on any atom is 0.263 e. The van der Waals surface area contributed by atoms with E-state index in [9.17, 15) is 4.79 Å². The van der Waals surface area contributed by atoms with Gasteiger partial charge in [-0.25, -0.2) is 0 Å². The van der Waals surface area contributed by atoms with Gasteiger partial charge in [0.05, 0.1) is 9.78 Å². The van der Waals surface area contributed by atoms with Crippen LogP contribution < -0.4 is 10.1 Å². The molecule has 1 aromatic heterocycles. The molecule has 2 aromatic carbocycles. The zero-order valence-corrected chi connectivity index (χ0v) is 18.5. The summed E-state index contributed by atoms with van der Waals surface area (Å²) in [7, 11) is 0. The van der Waals surface area contributed by atoms with E-state index in [0.29, 0.717) is 9.23 Å². The lowest BCUT2D eigenvalue weighted by atomic mass is 9.80. The molecule has 1 saturated heterocycles. The Bertz CT molecular complexity index is 1220. The van der Waals surface area contributed by atoms with Crippen LogP contribution in [0.5, 0.6) is 5.75 Å². The molecule has 2 aliphatic rings. The van der Waals surface area contributed by atoms with Crippen LogP contribution in [-0.4, -0.2) is 10.2 Å². The van der Waals surface area contributed by atoms with Crippen LogP contribution in [0.1, 0.15) is 27.5 Å². The van der Waals surface area contributed by atoms with Crippen LogP contribution in [0.15, 0.2) is 82.6 Å². The second-order valence-electron chi connectivity index (χ2n) is 7.04. The standard InChI is InChI=1S/C24H17NO2S3/c1-14-7-2-3-8-15(14)21-16-9-4-5-10-18(16)27-22(19-11-6-12-29-19)17(21)13-20-23(26)25-24(28)30-20/h2-13,21H,1H3,(H,25,26,28)/b20-13-/t21-/m1/s1. The molecule has 1 fully saturated rings. The number of fused-ring (bicyclic) bond motifs is 1. The van der Waals surface area contributed by atoms with E-state index in [-0.39, 0.29) is 11.8 Å². The molecule has 0 aliphatic carbocycles. The average molecular weight is 448 g/mol. The van der Waals surface area contributed by atoms with Crippen LogP contribution in [0.4, 0.5) is 0 Å². The molecule has 6 heteroatoms. The molecule has 5 rings (SSSR count). The molecule has 148 valence electrons. The van der Waals surface area contributed by atoms with Crippen molar-refractivity contribution in [1.82, 2.24) is 5.32 Å². The Morgan fingerprint density at radius 3 is 2.50 bits per heavy atom. The number of thioether (sulfide) groups is 1. The summed E-state index contributed by atoms with van der Waals surface area (Å²) in [4.78, 5) is 14.1. The number of amides is 1. The Labute approximate surface area is 188 Å². The first-order chi connectivity index (χ1) is 14.6. The smallest absolute Gasteiger partial charge is 0.263 e. The van der Waals surface area contributed by atoms with Crippen LogP contribution in [0.25, 0.3) is 5.76 Å². The van der Waals surface area contributed by atoms with Gasteiger partial charge in [-0.3, -0.25) is 4.79 Å². The Hall–Kier alpha value is -2.67. The van der Waals surface area contributed by atoms with E-state index in [1.54, 1.807) is 11.3 Å². The number of para-hydroxylation sites is 1. The Balaban J connectivity index is 1.79. The maximum atomic E-state index is 12.5. The van der Waals surface area contributed by atoms with Crippen LogP contribution in [0.2, 0.25) is 0 Å². The van der Waals surface area contributed by atoms with Crippen molar-refractivity contribution in [2.45, 2.75) is 12.8 Å². The van der Waals surface area contributed by atoms with Crippen LogP contribution in [0, 0.1) is 6.92 Å². The molecule has 2 aliphatic heterocycles. The van der Waals surface area contributed by atoms with Gasteiger partial charge in [-0.05, 0) is 41.6 Å². The first kappa shape index (κ1) is 19.3. The monoisotopic (exact) mass is 447 g/mol. The van der Waals surface area contributed by atoms with Gasteiger partial charge in [0.15, 0.2) is 0 Å². The van der Waals surface area contributed by atoms with E-state index >= 15 is 0 Å². The molecule has 1 N–H and O–H groups in total. The summed E-state index contributed by atoms with van der Waals surface area (Å²) < 4.78 is 6.91. The minimum absolute atomic E-state index is 0.0525. The van der Waals surface area contributed by atoms with Crippen LogP contribution in [-0.2, 0) is 4.79 Å². The molecule has 0 bridgehead atoms. The highest BCUT2D eigenvalue weighted by molar-refractivity contribution is 8.26. The summed E-state index contributed by atoms with van der Waals surface area (Å²) in [6.45, 7) is 2.12. The van der Waals surface area contributed by atoms with Crippen molar-refractivity contribution in [2.75, 3.05) is 0 Å². The lowest BCUT2D eigenvalue weighted by Crippen LogP contribution is -2.19. The largest absolute Gasteiger partial charge is 0.455 e. The number of carbonyl (C=O) groups is 1. The average Bonchev–Trinajstić information content (AvgIpc) is 3.38. The number of hydrogen-bond donors (Lipinski definition) is 1. The van der Waals surface area contributed by atoms with E-state index in [2.05, 4.69) is 36.5 Å². The second-order valence-corrected chi connectivity index (χ2v) is 9.71. The normalized spacial score (nSPS) is 19.6. The minimum atomic E-state index is -0.162. The maximum absolute atomic E-state index is 12.5. The van der Waals surface area contributed by atoms with E-state index in [0.717, 1.165) is 27.5 Å². The summed E-state index contributed by atoms with van der Waals surface area (Å²) in [5.41, 5.74) is 4.44. The van der Waals surface area contributed by atoms with Crippen molar-refractivity contribution >= 4 is 51.3 Å². The quantitative estimate of drug-likeness (QED) is 0.393. The molecule has 0 spiro atoms. The van der Waals surface area contributed by atoms with Gasteiger partial charge in [0, 0.05) is 17.1 Å². The third-order valence-corrected chi connectivity index (χ3v) is 7.22. The van der Waals surface area contributed by atoms with Crippen molar-refractivity contribution < 1.29 is 9.53 Å². The Kier molecular flexibility index (Phi) is 5.06. The van der Waals surface area contributed by atoms with Gasteiger partial charge < -0.3 is 10.1 Å². The second kappa shape index (κ2) is 7.87. The molecule has 0 radical (unpaired) electrons. The fourth-order valence-corrected chi connectivity index (χ4v) is 5.60. The predicted octanol–water partition coefficient (Wildman–Crippen LogP) is 6.02. The van der Waals surface area contributed by atoms with Crippen molar-refractivity contribution in [3.8, 4) is 5.75 Å². The summed E-state index contributed by atoms with van der Waals surface area (Å²) >= 11 is 8.12. The van der Waals surface area contributed by atoms with Crippen molar-refractivity contribution in [2.24, 2.45) is 0 Å². The summed E-state index contributed by atoms with van der Waals surface area (Å²) in [6, 6.07) is 20.6. The highest BCUT2D eigenvalue weighted by Crippen LogP contribution is 2.48. The van der Waals surface area contributed by atoms with Crippen molar-refractivity contribution in [1.29, 1.82) is 0 Å². The topological polar surface area (TPSA) is 38.3 Å². The third-order valence-electron chi connectivity index (χ3n) is 5.19. The number of allylic oxidation sites excluding steroid dienone is 2. The van der Waals surface area contributed by atoms with Gasteiger partial charge in [0.2, 0.25) is 0 Å². The molecule has 1 amide bonds. The SMILES string of the molecule is Cc1ccccc1[C@H]1C(/C=C2\SC(=S)NC2=O)=C(c2cccs2)Oc2ccccc21. The molecule has 3 aromatic rings. The third kappa shape index (κ3) is 3.41. The number of thiocarbonyl (C=S) groups is 1. The molecular formula is C24H17NO2S3. The Morgan fingerprint density at radius 1 is 1.03 bits per heavy atom. The van der Waals surface area contributed by atoms with Gasteiger partial charge in [-0.15, -0.1) is 11.3 Å². The number of benzene rings is 2. The molecular weight excluding hydrogens is 430 g/mol. The molecule has 30 heavy (non-hydrogen) atoms. The van der Waals surface area contributed by atoms with E-state index < -0.39 is 0 Å². The lowest BCUT2D eigenvalue weighted by Gasteiger charge is -2.30. The number of aryl methyl sites for hydroxylation is 1. The number of rotatable bonds is 3. The number of carbonyl (C=O) groups excluding carboxylic acids is 1.